The molecule has 0 aliphatic carbocycles. The number of nitrogens with one attached hydrogen (secondary N) is 2. The van der Waals surface area contributed by atoms with E-state index in [1.807, 2.05) is 65.7 Å². The number of benzene rings is 2. The Kier molecular flexibility index (Phi) is 8.76. The standard InChI is InChI=1S/C30H48N6O3Si3/c1-30(35(33-21-13-14-22-33)28(37)31-26-17-9-7-10-18-26)25-42(6,41(4,5)40(2,3)39-30)36(34-23-15-16-24-34)29(38)32-27-19-11-8-12-20-27/h7-12,17-20H,13-16,21-25H2,1-6H3,(H,31,37)(H,32,38). The summed E-state index contributed by atoms with van der Waals surface area (Å²) in [5.41, 5.74) is 0.683. The summed E-state index contributed by atoms with van der Waals surface area (Å²) in [5, 5.41) is 12.8. The van der Waals surface area contributed by atoms with E-state index < -0.39 is 28.4 Å². The Labute approximate surface area is 253 Å². The fourth-order valence-electron chi connectivity index (χ4n) is 7.18. The van der Waals surface area contributed by atoms with Crippen LogP contribution in [0, 0.1) is 0 Å². The average Bonchev–Trinajstić information content (AvgIpc) is 3.64. The Balaban J connectivity index is 1.57. The summed E-state index contributed by atoms with van der Waals surface area (Å²) in [4.78, 5) is 28.6. The Bertz CT molecular complexity index is 1260. The first kappa shape index (κ1) is 31.0. The smallest absolute Gasteiger partial charge is 0.338 e. The lowest BCUT2D eigenvalue weighted by Gasteiger charge is -2.64. The largest absolute Gasteiger partial charge is 0.397 e. The predicted molar refractivity (Wildman–Crippen MR) is 177 cm³/mol. The molecule has 4 amide bonds. The summed E-state index contributed by atoms with van der Waals surface area (Å²) < 4.78 is 9.50. The van der Waals surface area contributed by atoms with Crippen molar-refractivity contribution in [3.8, 4) is 0 Å². The van der Waals surface area contributed by atoms with Crippen LogP contribution in [0.25, 0.3) is 0 Å². The molecule has 3 aliphatic heterocycles. The van der Waals surface area contributed by atoms with E-state index >= 15 is 0 Å². The molecular formula is C30H48N6O3Si3. The van der Waals surface area contributed by atoms with Crippen LogP contribution in [-0.4, -0.2) is 86.4 Å². The first-order valence-electron chi connectivity index (χ1n) is 15.4. The molecule has 2 N–H and O–H groups in total. The minimum atomic E-state index is -2.62. The molecule has 0 aromatic heterocycles. The van der Waals surface area contributed by atoms with E-state index in [2.05, 4.69) is 65.0 Å². The normalized spacial score (nSPS) is 27.4. The van der Waals surface area contributed by atoms with Gasteiger partial charge in [-0.15, -0.1) is 0 Å². The van der Waals surface area contributed by atoms with Crippen LogP contribution in [0.5, 0.6) is 0 Å². The second-order valence-electron chi connectivity index (χ2n) is 13.4. The number of anilines is 2. The number of para-hydroxylation sites is 2. The molecule has 0 bridgehead atoms. The molecule has 0 radical (unpaired) electrons. The van der Waals surface area contributed by atoms with Crippen LogP contribution < -0.4 is 10.6 Å². The van der Waals surface area contributed by atoms with Crippen LogP contribution >= 0.6 is 0 Å². The Hall–Kier alpha value is -2.49. The minimum Gasteiger partial charge on any atom is -0.397 e. The van der Waals surface area contributed by atoms with Crippen LogP contribution in [0.4, 0.5) is 21.0 Å². The lowest BCUT2D eigenvalue weighted by Crippen LogP contribution is -2.88. The number of carbonyl (C=O) groups excluding carboxylic acids is 2. The van der Waals surface area contributed by atoms with Crippen LogP contribution in [0.2, 0.25) is 38.8 Å². The van der Waals surface area contributed by atoms with Gasteiger partial charge in [-0.25, -0.2) is 24.6 Å². The van der Waals surface area contributed by atoms with Crippen molar-refractivity contribution >= 4 is 46.1 Å². The maximum absolute atomic E-state index is 14.4. The molecule has 2 aromatic carbocycles. The van der Waals surface area contributed by atoms with Gasteiger partial charge in [0.2, 0.25) is 0 Å². The van der Waals surface area contributed by atoms with Gasteiger partial charge in [0.25, 0.3) is 0 Å². The van der Waals surface area contributed by atoms with Crippen molar-refractivity contribution in [2.45, 2.75) is 77.1 Å². The van der Waals surface area contributed by atoms with Crippen molar-refractivity contribution in [2.75, 3.05) is 36.8 Å². The zero-order chi connectivity index (χ0) is 30.2. The van der Waals surface area contributed by atoms with E-state index in [1.165, 1.54) is 0 Å². The molecule has 3 fully saturated rings. The Morgan fingerprint density at radius 3 is 1.69 bits per heavy atom. The number of hydrogen-bond donors (Lipinski definition) is 2. The van der Waals surface area contributed by atoms with Crippen LogP contribution in [0.15, 0.2) is 60.7 Å². The monoisotopic (exact) mass is 624 g/mol. The topological polar surface area (TPSA) is 80.4 Å². The van der Waals surface area contributed by atoms with Crippen molar-refractivity contribution in [1.82, 2.24) is 19.7 Å². The highest BCUT2D eigenvalue weighted by Crippen LogP contribution is 2.48. The highest BCUT2D eigenvalue weighted by Gasteiger charge is 2.70. The summed E-state index contributed by atoms with van der Waals surface area (Å²) in [6.45, 7) is 17.5. The minimum absolute atomic E-state index is 0.0478. The summed E-state index contributed by atoms with van der Waals surface area (Å²) in [6, 6.07) is 19.9. The number of carbonyl (C=O) groups is 2. The van der Waals surface area contributed by atoms with E-state index in [9.17, 15) is 9.59 Å². The molecule has 9 nitrogen and oxygen atoms in total. The SMILES string of the molecule is CC1(N(C(=O)Nc2ccccc2)N2CCCC2)C[Si](C)(N(C(=O)Nc2ccccc2)N2CCCC2)[Si](C)(C)[Si](C)(C)O1. The second kappa shape index (κ2) is 11.9. The van der Waals surface area contributed by atoms with Gasteiger partial charge in [-0.05, 0) is 70.0 Å². The fraction of sp³-hybridized carbons (Fsp3) is 0.533. The summed E-state index contributed by atoms with van der Waals surface area (Å²) >= 11 is 0. The van der Waals surface area contributed by atoms with Crippen molar-refractivity contribution in [3.05, 3.63) is 60.7 Å². The van der Waals surface area contributed by atoms with E-state index in [-0.39, 0.29) is 12.1 Å². The number of nitrogens with zero attached hydrogens (tertiary/aromatic N) is 4. The summed E-state index contributed by atoms with van der Waals surface area (Å²) in [6.07, 6.45) is 4.24. The Morgan fingerprint density at radius 1 is 0.738 bits per heavy atom. The number of amides is 4. The van der Waals surface area contributed by atoms with Gasteiger partial charge in [0.1, 0.15) is 5.72 Å². The van der Waals surface area contributed by atoms with Crippen LogP contribution in [0.3, 0.4) is 0 Å². The highest BCUT2D eigenvalue weighted by molar-refractivity contribution is 7.67. The molecule has 0 saturated carbocycles. The molecule has 3 saturated heterocycles. The fourth-order valence-corrected chi connectivity index (χ4v) is 37.9. The van der Waals surface area contributed by atoms with E-state index in [1.54, 1.807) is 0 Å². The first-order chi connectivity index (χ1) is 19.9. The molecule has 3 heterocycles. The third-order valence-corrected chi connectivity index (χ3v) is 48.3. The highest BCUT2D eigenvalue weighted by atomic mass is 29.6. The van der Waals surface area contributed by atoms with Crippen molar-refractivity contribution < 1.29 is 14.0 Å². The quantitative estimate of drug-likeness (QED) is 0.360. The number of hydrogen-bond acceptors (Lipinski definition) is 5. The van der Waals surface area contributed by atoms with Crippen LogP contribution in [0.1, 0.15) is 32.6 Å². The summed E-state index contributed by atoms with van der Waals surface area (Å²) in [5.74, 6) is 0. The molecule has 2 atom stereocenters. The maximum atomic E-state index is 14.4. The van der Waals surface area contributed by atoms with E-state index in [0.717, 1.165) is 63.2 Å². The third-order valence-electron chi connectivity index (χ3n) is 10.1. The van der Waals surface area contributed by atoms with Gasteiger partial charge in [-0.1, -0.05) is 56.0 Å². The molecule has 0 spiro atoms. The average molecular weight is 625 g/mol. The molecule has 5 rings (SSSR count). The molecule has 12 heteroatoms. The van der Waals surface area contributed by atoms with Gasteiger partial charge >= 0.3 is 12.1 Å². The van der Waals surface area contributed by atoms with Gasteiger partial charge in [-0.3, -0.25) is 4.67 Å². The predicted octanol–water partition coefficient (Wildman–Crippen LogP) is 6.47. The van der Waals surface area contributed by atoms with Gasteiger partial charge in [0, 0.05) is 43.6 Å². The summed E-state index contributed by atoms with van der Waals surface area (Å²) in [7, 11) is -7.18. The maximum Gasteiger partial charge on any atom is 0.338 e. The van der Waals surface area contributed by atoms with Gasteiger partial charge in [0.15, 0.2) is 15.6 Å². The molecule has 2 unspecified atom stereocenters. The van der Waals surface area contributed by atoms with Gasteiger partial charge in [-0.2, -0.15) is 0 Å². The molecule has 228 valence electrons. The number of urea groups is 2. The molecule has 42 heavy (non-hydrogen) atoms. The lowest BCUT2D eigenvalue weighted by molar-refractivity contribution is -0.136. The van der Waals surface area contributed by atoms with Crippen LogP contribution in [-0.2, 0) is 4.43 Å². The first-order valence-corrected chi connectivity index (χ1v) is 26.0. The number of rotatable bonds is 6. The Morgan fingerprint density at radius 2 is 1.19 bits per heavy atom. The molecular weight excluding hydrogens is 577 g/mol. The third kappa shape index (κ3) is 5.72. The van der Waals surface area contributed by atoms with Crippen molar-refractivity contribution in [3.63, 3.8) is 0 Å². The molecule has 2 aromatic rings. The lowest BCUT2D eigenvalue weighted by atomic mass is 10.3. The molecule has 3 aliphatic rings. The zero-order valence-electron chi connectivity index (χ0n) is 26.2. The zero-order valence-corrected chi connectivity index (χ0v) is 29.2. The van der Waals surface area contributed by atoms with Gasteiger partial charge < -0.3 is 15.1 Å². The van der Waals surface area contributed by atoms with E-state index in [0.29, 0.717) is 6.04 Å². The van der Waals surface area contributed by atoms with Crippen molar-refractivity contribution in [2.24, 2.45) is 0 Å². The van der Waals surface area contributed by atoms with Crippen molar-refractivity contribution in [1.29, 1.82) is 0 Å². The van der Waals surface area contributed by atoms with Gasteiger partial charge in [0.05, 0.1) is 7.11 Å². The number of hydrazine groups is 2. The second-order valence-corrected chi connectivity index (χ2v) is 39.0. The van der Waals surface area contributed by atoms with E-state index in [4.69, 9.17) is 4.43 Å².